The van der Waals surface area contributed by atoms with Crippen molar-refractivity contribution in [3.05, 3.63) is 0 Å². The molecule has 1 unspecified atom stereocenters. The highest BCUT2D eigenvalue weighted by atomic mass is 16.4. The van der Waals surface area contributed by atoms with E-state index in [1.54, 1.807) is 0 Å². The molecule has 26 heavy (non-hydrogen) atoms. The number of carboxylic acids is 1. The number of unbranched alkanes of at least 4 members (excludes halogenated alkanes) is 2. The number of carbonyl (C=O) groups is 3. The van der Waals surface area contributed by atoms with Gasteiger partial charge in [0.2, 0.25) is 5.91 Å². The summed E-state index contributed by atoms with van der Waals surface area (Å²) in [5.74, 6) is -2.06. The number of likely N-dealkylation sites (tertiary alicyclic amines) is 1. The molecule has 1 amide bonds. The molecule has 1 saturated heterocycles. The molecule has 0 aromatic rings. The number of amides is 1. The molecule has 0 spiro atoms. The Morgan fingerprint density at radius 2 is 1.69 bits per heavy atom. The van der Waals surface area contributed by atoms with Crippen LogP contribution in [0.25, 0.3) is 0 Å². The normalized spacial score (nSPS) is 22.2. The van der Waals surface area contributed by atoms with Gasteiger partial charge in [0.05, 0.1) is 0 Å². The molecule has 0 radical (unpaired) electrons. The molecule has 1 heterocycles. The number of hydrogen-bond acceptors (Lipinski definition) is 5. The minimum Gasteiger partial charge on any atom is -0.479 e. The van der Waals surface area contributed by atoms with Gasteiger partial charge in [-0.05, 0) is 25.7 Å². The number of aliphatic carboxylic acids is 1. The van der Waals surface area contributed by atoms with Gasteiger partial charge in [0.1, 0.15) is 0 Å². The van der Waals surface area contributed by atoms with E-state index in [-0.39, 0.29) is 43.8 Å². The Bertz CT molecular complexity index is 497. The van der Waals surface area contributed by atoms with Gasteiger partial charge in [-0.1, -0.05) is 39.5 Å². The summed E-state index contributed by atoms with van der Waals surface area (Å²) in [6.45, 7) is 4.33. The Morgan fingerprint density at radius 3 is 2.27 bits per heavy atom. The van der Waals surface area contributed by atoms with E-state index >= 15 is 0 Å². The van der Waals surface area contributed by atoms with Gasteiger partial charge in [-0.15, -0.1) is 0 Å². The predicted octanol–water partition coefficient (Wildman–Crippen LogP) is 1.82. The number of nitrogens with two attached hydrogens (primary N) is 2. The van der Waals surface area contributed by atoms with E-state index in [1.165, 1.54) is 4.90 Å². The van der Waals surface area contributed by atoms with Crippen LogP contribution in [-0.4, -0.2) is 51.8 Å². The van der Waals surface area contributed by atoms with Crippen LogP contribution in [0.5, 0.6) is 0 Å². The molecule has 5 N–H and O–H groups in total. The Hall–Kier alpha value is -1.47. The van der Waals surface area contributed by atoms with Crippen LogP contribution in [-0.2, 0) is 14.4 Å². The number of hydrogen-bond donors (Lipinski definition) is 3. The van der Waals surface area contributed by atoms with Crippen molar-refractivity contribution < 1.29 is 19.5 Å². The van der Waals surface area contributed by atoms with Crippen molar-refractivity contribution >= 4 is 17.7 Å². The molecule has 0 aromatic heterocycles. The van der Waals surface area contributed by atoms with Crippen LogP contribution in [0.3, 0.4) is 0 Å². The highest BCUT2D eigenvalue weighted by Gasteiger charge is 2.55. The first-order chi connectivity index (χ1) is 12.3. The summed E-state index contributed by atoms with van der Waals surface area (Å²) < 4.78 is 0. The van der Waals surface area contributed by atoms with Crippen molar-refractivity contribution in [2.24, 2.45) is 11.5 Å². The second-order valence-electron chi connectivity index (χ2n) is 7.45. The quantitative estimate of drug-likeness (QED) is 0.356. The molecule has 1 aliphatic rings. The summed E-state index contributed by atoms with van der Waals surface area (Å²) >= 11 is 0. The summed E-state index contributed by atoms with van der Waals surface area (Å²) in [5, 5.41) is 9.82. The fourth-order valence-corrected chi connectivity index (χ4v) is 3.76. The molecule has 0 aliphatic carbocycles. The second kappa shape index (κ2) is 10.6. The van der Waals surface area contributed by atoms with Crippen LogP contribution in [0.2, 0.25) is 0 Å². The molecule has 0 bridgehead atoms. The maximum Gasteiger partial charge on any atom is 0.337 e. The first kappa shape index (κ1) is 22.6. The Morgan fingerprint density at radius 1 is 1.04 bits per heavy atom. The van der Waals surface area contributed by atoms with Crippen molar-refractivity contribution in [3.8, 4) is 0 Å². The number of rotatable bonds is 12. The lowest BCUT2D eigenvalue weighted by atomic mass is 9.86. The fraction of sp³-hybridized carbons (Fsp3) is 0.842. The van der Waals surface area contributed by atoms with Gasteiger partial charge in [-0.2, -0.15) is 0 Å². The average Bonchev–Trinajstić information content (AvgIpc) is 3.01. The third kappa shape index (κ3) is 5.51. The molecule has 1 fully saturated rings. The number of carboxylic acid groups (broad SMARTS) is 1. The maximum absolute atomic E-state index is 12.8. The standard InChI is InChI=1S/C19H35N3O4/c1-3-5-6-9-15(21)13-17(24)22-11-7-10-19(22,18(25)26)16(23)12-14(20)8-4-2/h14-15H,3-13,20-21H2,1-2H3,(H,25,26)/t14?,15-,19-/m0/s1. The number of carbonyl (C=O) groups excluding carboxylic acids is 2. The minimum absolute atomic E-state index is 0.0214. The van der Waals surface area contributed by atoms with Gasteiger partial charge in [-0.3, -0.25) is 9.59 Å². The third-order valence-corrected chi connectivity index (χ3v) is 5.22. The van der Waals surface area contributed by atoms with Crippen LogP contribution >= 0.6 is 0 Å². The van der Waals surface area contributed by atoms with Crippen LogP contribution in [0.15, 0.2) is 0 Å². The summed E-state index contributed by atoms with van der Waals surface area (Å²) in [6.07, 6.45) is 5.97. The van der Waals surface area contributed by atoms with Gasteiger partial charge in [0.15, 0.2) is 11.3 Å². The molecular formula is C19H35N3O4. The lowest BCUT2D eigenvalue weighted by molar-refractivity contribution is -0.162. The van der Waals surface area contributed by atoms with Crippen LogP contribution < -0.4 is 11.5 Å². The van der Waals surface area contributed by atoms with Crippen LogP contribution in [0.4, 0.5) is 0 Å². The highest BCUT2D eigenvalue weighted by molar-refractivity contribution is 6.10. The molecular weight excluding hydrogens is 334 g/mol. The summed E-state index contributed by atoms with van der Waals surface area (Å²) in [5.41, 5.74) is 10.2. The monoisotopic (exact) mass is 369 g/mol. The van der Waals surface area contributed by atoms with E-state index in [0.717, 1.165) is 32.1 Å². The Labute approximate surface area is 156 Å². The zero-order valence-electron chi connectivity index (χ0n) is 16.2. The van der Waals surface area contributed by atoms with E-state index in [9.17, 15) is 19.5 Å². The SMILES string of the molecule is CCCCC[C@H](N)CC(=O)N1CCC[C@@]1(C(=O)O)C(=O)CC(N)CCC. The molecule has 1 aliphatic heterocycles. The topological polar surface area (TPSA) is 127 Å². The predicted molar refractivity (Wildman–Crippen MR) is 101 cm³/mol. The van der Waals surface area contributed by atoms with Gasteiger partial charge < -0.3 is 21.5 Å². The fourth-order valence-electron chi connectivity index (χ4n) is 3.76. The van der Waals surface area contributed by atoms with E-state index < -0.39 is 17.3 Å². The van der Waals surface area contributed by atoms with Crippen LogP contribution in [0.1, 0.15) is 78.1 Å². The largest absolute Gasteiger partial charge is 0.479 e. The lowest BCUT2D eigenvalue weighted by Crippen LogP contribution is -2.59. The van der Waals surface area contributed by atoms with E-state index in [2.05, 4.69) is 6.92 Å². The zero-order chi connectivity index (χ0) is 19.7. The first-order valence-corrected chi connectivity index (χ1v) is 9.87. The summed E-state index contributed by atoms with van der Waals surface area (Å²) in [6, 6.07) is -0.684. The molecule has 1 rings (SSSR count). The van der Waals surface area contributed by atoms with E-state index in [0.29, 0.717) is 12.8 Å². The van der Waals surface area contributed by atoms with Gasteiger partial charge in [0, 0.05) is 31.5 Å². The number of nitrogens with zero attached hydrogens (tertiary/aromatic N) is 1. The smallest absolute Gasteiger partial charge is 0.337 e. The average molecular weight is 370 g/mol. The molecule has 7 heteroatoms. The van der Waals surface area contributed by atoms with Crippen molar-refractivity contribution in [1.82, 2.24) is 4.90 Å². The van der Waals surface area contributed by atoms with Gasteiger partial charge in [-0.25, -0.2) is 4.79 Å². The van der Waals surface area contributed by atoms with Crippen molar-refractivity contribution in [2.45, 2.75) is 95.7 Å². The third-order valence-electron chi connectivity index (χ3n) is 5.22. The van der Waals surface area contributed by atoms with E-state index in [1.807, 2.05) is 6.92 Å². The minimum atomic E-state index is -1.77. The highest BCUT2D eigenvalue weighted by Crippen LogP contribution is 2.33. The van der Waals surface area contributed by atoms with Crippen LogP contribution in [0, 0.1) is 0 Å². The lowest BCUT2D eigenvalue weighted by Gasteiger charge is -2.34. The van der Waals surface area contributed by atoms with Gasteiger partial charge >= 0.3 is 5.97 Å². The van der Waals surface area contributed by atoms with Crippen molar-refractivity contribution in [1.29, 1.82) is 0 Å². The molecule has 0 aromatic carbocycles. The Balaban J connectivity index is 2.85. The van der Waals surface area contributed by atoms with Gasteiger partial charge in [0.25, 0.3) is 0 Å². The number of Topliss-reactive ketones (excluding diaryl/α,β-unsaturated/α-hetero) is 1. The first-order valence-electron chi connectivity index (χ1n) is 9.87. The number of ketones is 1. The van der Waals surface area contributed by atoms with E-state index in [4.69, 9.17) is 11.5 Å². The maximum atomic E-state index is 12.8. The van der Waals surface area contributed by atoms with Crippen molar-refractivity contribution in [3.63, 3.8) is 0 Å². The molecule has 0 saturated carbocycles. The Kier molecular flexibility index (Phi) is 9.22. The summed E-state index contributed by atoms with van der Waals surface area (Å²) in [7, 11) is 0. The molecule has 3 atom stereocenters. The summed E-state index contributed by atoms with van der Waals surface area (Å²) in [4.78, 5) is 38.8. The van der Waals surface area contributed by atoms with Crippen molar-refractivity contribution in [2.75, 3.05) is 6.54 Å². The second-order valence-corrected chi connectivity index (χ2v) is 7.45. The molecule has 150 valence electrons. The molecule has 7 nitrogen and oxygen atoms in total. The zero-order valence-corrected chi connectivity index (χ0v) is 16.2.